The Morgan fingerprint density at radius 2 is 2.04 bits per heavy atom. The highest BCUT2D eigenvalue weighted by atomic mass is 32.2. The number of benzene rings is 1. The van der Waals surface area contributed by atoms with Crippen LogP contribution < -0.4 is 10.6 Å². The monoisotopic (exact) mass is 369 g/mol. The first kappa shape index (κ1) is 19.2. The molecule has 0 aromatic heterocycles. The lowest BCUT2D eigenvalue weighted by molar-refractivity contribution is -0.114. The summed E-state index contributed by atoms with van der Waals surface area (Å²) in [4.78, 5) is 25.1. The van der Waals surface area contributed by atoms with Crippen molar-refractivity contribution < 1.29 is 23.1 Å². The first-order valence-corrected chi connectivity index (χ1v) is 9.81. The number of aliphatic hydroxyl groups excluding tert-OH is 1. The molecule has 0 bridgehead atoms. The molecule has 0 unspecified atom stereocenters. The Morgan fingerprint density at radius 3 is 2.60 bits per heavy atom. The molecule has 1 saturated heterocycles. The topological polar surface area (TPSA) is 116 Å². The van der Waals surface area contributed by atoms with E-state index in [-0.39, 0.29) is 30.6 Å². The summed E-state index contributed by atoms with van der Waals surface area (Å²) < 4.78 is 23.3. The molecule has 3 amide bonds. The summed E-state index contributed by atoms with van der Waals surface area (Å²) in [6.07, 6.45) is 0.362. The molecule has 1 fully saturated rings. The third-order valence-electron chi connectivity index (χ3n) is 4.05. The molecule has 8 nitrogen and oxygen atoms in total. The van der Waals surface area contributed by atoms with E-state index in [4.69, 9.17) is 0 Å². The molecule has 0 spiro atoms. The van der Waals surface area contributed by atoms with E-state index >= 15 is 0 Å². The van der Waals surface area contributed by atoms with Gasteiger partial charge in [0, 0.05) is 30.9 Å². The number of amides is 3. The van der Waals surface area contributed by atoms with Gasteiger partial charge in [0.2, 0.25) is 5.91 Å². The molecule has 1 aliphatic rings. The molecule has 138 valence electrons. The van der Waals surface area contributed by atoms with E-state index in [1.807, 2.05) is 6.92 Å². The van der Waals surface area contributed by atoms with Crippen molar-refractivity contribution in [2.45, 2.75) is 26.3 Å². The van der Waals surface area contributed by atoms with Gasteiger partial charge in [0.1, 0.15) is 0 Å². The third kappa shape index (κ3) is 5.17. The number of carbonyl (C=O) groups is 2. The van der Waals surface area contributed by atoms with Crippen LogP contribution in [0.3, 0.4) is 0 Å². The standard InChI is InChI=1S/C16H23N3O5S/c1-11-3-4-13(17-12(2)21)9-15(11)18-16(22)19(6-7-20)14-5-8-25(23,24)10-14/h3-4,9,14,20H,5-8,10H2,1-2H3,(H,17,21)(H,18,22)/t14-/m1/s1. The number of urea groups is 1. The average molecular weight is 369 g/mol. The Kier molecular flexibility index (Phi) is 6.02. The van der Waals surface area contributed by atoms with Crippen LogP contribution in [0, 0.1) is 6.92 Å². The van der Waals surface area contributed by atoms with Crippen molar-refractivity contribution in [2.75, 3.05) is 35.3 Å². The Morgan fingerprint density at radius 1 is 1.32 bits per heavy atom. The lowest BCUT2D eigenvalue weighted by Crippen LogP contribution is -2.45. The van der Waals surface area contributed by atoms with E-state index in [1.165, 1.54) is 11.8 Å². The second kappa shape index (κ2) is 7.83. The molecule has 1 heterocycles. The van der Waals surface area contributed by atoms with Crippen LogP contribution in [0.25, 0.3) is 0 Å². The number of rotatable bonds is 5. The van der Waals surface area contributed by atoms with Crippen molar-refractivity contribution in [2.24, 2.45) is 0 Å². The number of aliphatic hydroxyl groups is 1. The molecule has 1 aromatic carbocycles. The molecular weight excluding hydrogens is 346 g/mol. The largest absolute Gasteiger partial charge is 0.395 e. The molecule has 1 aliphatic heterocycles. The lowest BCUT2D eigenvalue weighted by Gasteiger charge is -2.28. The number of nitrogens with zero attached hydrogens (tertiary/aromatic N) is 1. The molecule has 1 atom stereocenters. The van der Waals surface area contributed by atoms with Gasteiger partial charge in [-0.2, -0.15) is 0 Å². The van der Waals surface area contributed by atoms with Crippen LogP contribution in [0.5, 0.6) is 0 Å². The summed E-state index contributed by atoms with van der Waals surface area (Å²) in [5.74, 6) is -0.269. The lowest BCUT2D eigenvalue weighted by atomic mass is 10.1. The highest BCUT2D eigenvalue weighted by molar-refractivity contribution is 7.91. The summed E-state index contributed by atoms with van der Waals surface area (Å²) in [6, 6.07) is 4.20. The zero-order chi connectivity index (χ0) is 18.6. The minimum absolute atomic E-state index is 0.0456. The minimum atomic E-state index is -3.14. The van der Waals surface area contributed by atoms with E-state index in [1.54, 1.807) is 18.2 Å². The number of aryl methyl sites for hydroxylation is 1. The third-order valence-corrected chi connectivity index (χ3v) is 5.80. The number of hydrogen-bond acceptors (Lipinski definition) is 5. The maximum Gasteiger partial charge on any atom is 0.322 e. The fourth-order valence-corrected chi connectivity index (χ4v) is 4.53. The van der Waals surface area contributed by atoms with Crippen LogP contribution in [-0.4, -0.2) is 61.1 Å². The quantitative estimate of drug-likeness (QED) is 0.715. The molecule has 25 heavy (non-hydrogen) atoms. The van der Waals surface area contributed by atoms with Gasteiger partial charge in [-0.15, -0.1) is 0 Å². The number of sulfone groups is 1. The summed E-state index contributed by atoms with van der Waals surface area (Å²) >= 11 is 0. The average Bonchev–Trinajstić information content (AvgIpc) is 2.87. The van der Waals surface area contributed by atoms with E-state index in [0.717, 1.165) is 5.56 Å². The molecule has 0 aliphatic carbocycles. The van der Waals surface area contributed by atoms with Crippen molar-refractivity contribution in [3.05, 3.63) is 23.8 Å². The minimum Gasteiger partial charge on any atom is -0.395 e. The second-order valence-electron chi connectivity index (χ2n) is 6.11. The van der Waals surface area contributed by atoms with Crippen molar-refractivity contribution in [1.29, 1.82) is 0 Å². The van der Waals surface area contributed by atoms with Crippen LogP contribution >= 0.6 is 0 Å². The zero-order valence-corrected chi connectivity index (χ0v) is 15.1. The number of nitrogens with one attached hydrogen (secondary N) is 2. The molecular formula is C16H23N3O5S. The van der Waals surface area contributed by atoms with Gasteiger partial charge in [0.25, 0.3) is 0 Å². The van der Waals surface area contributed by atoms with Gasteiger partial charge < -0.3 is 20.6 Å². The van der Waals surface area contributed by atoms with E-state index in [0.29, 0.717) is 17.8 Å². The first-order chi connectivity index (χ1) is 11.7. The molecule has 9 heteroatoms. The fourth-order valence-electron chi connectivity index (χ4n) is 2.80. The van der Waals surface area contributed by atoms with Gasteiger partial charge in [-0.25, -0.2) is 13.2 Å². The highest BCUT2D eigenvalue weighted by Crippen LogP contribution is 2.23. The van der Waals surface area contributed by atoms with Crippen molar-refractivity contribution in [1.82, 2.24) is 4.90 Å². The molecule has 1 aromatic rings. The molecule has 3 N–H and O–H groups in total. The molecule has 2 rings (SSSR count). The number of hydrogen-bond donors (Lipinski definition) is 3. The number of anilines is 2. The first-order valence-electron chi connectivity index (χ1n) is 7.99. The van der Waals surface area contributed by atoms with Gasteiger partial charge in [-0.05, 0) is 31.0 Å². The maximum absolute atomic E-state index is 12.6. The number of carbonyl (C=O) groups excluding carboxylic acids is 2. The highest BCUT2D eigenvalue weighted by Gasteiger charge is 2.34. The van der Waals surface area contributed by atoms with E-state index < -0.39 is 21.9 Å². The summed E-state index contributed by atoms with van der Waals surface area (Å²) in [5, 5.41) is 14.6. The van der Waals surface area contributed by atoms with Gasteiger partial charge in [0.15, 0.2) is 9.84 Å². The Balaban J connectivity index is 2.16. The summed E-state index contributed by atoms with van der Waals surface area (Å²) in [7, 11) is -3.14. The summed E-state index contributed by atoms with van der Waals surface area (Å²) in [5.41, 5.74) is 1.86. The predicted octanol–water partition coefficient (Wildman–Crippen LogP) is 0.967. The SMILES string of the molecule is CC(=O)Nc1ccc(C)c(NC(=O)N(CCO)[C@@H]2CCS(=O)(=O)C2)c1. The van der Waals surface area contributed by atoms with E-state index in [2.05, 4.69) is 10.6 Å². The smallest absolute Gasteiger partial charge is 0.322 e. The van der Waals surface area contributed by atoms with Gasteiger partial charge in [0.05, 0.1) is 18.1 Å². The van der Waals surface area contributed by atoms with Crippen LogP contribution in [-0.2, 0) is 14.6 Å². The van der Waals surface area contributed by atoms with E-state index in [9.17, 15) is 23.1 Å². The predicted molar refractivity (Wildman–Crippen MR) is 95.4 cm³/mol. The van der Waals surface area contributed by atoms with Crippen LogP contribution in [0.4, 0.5) is 16.2 Å². The van der Waals surface area contributed by atoms with Crippen LogP contribution in [0.2, 0.25) is 0 Å². The Hall–Kier alpha value is -2.13. The normalized spacial score (nSPS) is 18.6. The van der Waals surface area contributed by atoms with Gasteiger partial charge >= 0.3 is 6.03 Å². The Labute approximate surface area is 147 Å². The second-order valence-corrected chi connectivity index (χ2v) is 8.34. The van der Waals surface area contributed by atoms with Crippen LogP contribution in [0.15, 0.2) is 18.2 Å². The molecule has 0 radical (unpaired) electrons. The van der Waals surface area contributed by atoms with Gasteiger partial charge in [-0.3, -0.25) is 4.79 Å². The zero-order valence-electron chi connectivity index (χ0n) is 14.3. The van der Waals surface area contributed by atoms with Crippen molar-refractivity contribution in [3.63, 3.8) is 0 Å². The van der Waals surface area contributed by atoms with Crippen molar-refractivity contribution >= 4 is 33.2 Å². The maximum atomic E-state index is 12.6. The fraction of sp³-hybridized carbons (Fsp3) is 0.500. The Bertz CT molecular complexity index is 763. The van der Waals surface area contributed by atoms with Gasteiger partial charge in [-0.1, -0.05) is 6.07 Å². The molecule has 0 saturated carbocycles. The summed E-state index contributed by atoms with van der Waals surface area (Å²) in [6.45, 7) is 3.00. The van der Waals surface area contributed by atoms with Crippen molar-refractivity contribution in [3.8, 4) is 0 Å². The van der Waals surface area contributed by atoms with Crippen LogP contribution in [0.1, 0.15) is 18.9 Å².